The Labute approximate surface area is 343 Å². The third-order valence-electron chi connectivity index (χ3n) is 10.6. The molecular weight excluding hydrogens is 737 g/mol. The van der Waals surface area contributed by atoms with Crippen molar-refractivity contribution < 1.29 is 18.7 Å². The molecule has 0 aliphatic rings. The second-order valence-electron chi connectivity index (χ2n) is 14.3. The zero-order chi connectivity index (χ0) is 40.6. The van der Waals surface area contributed by atoms with Crippen molar-refractivity contribution in [3.8, 4) is 28.4 Å². The van der Waals surface area contributed by atoms with Crippen LogP contribution in [0.1, 0.15) is 75.2 Å². The number of aryl methyl sites for hydroxylation is 2. The second kappa shape index (κ2) is 17.5. The summed E-state index contributed by atoms with van der Waals surface area (Å²) in [5.74, 6) is 1.61. The van der Waals surface area contributed by atoms with Crippen LogP contribution in [-0.4, -0.2) is 43.3 Å². The van der Waals surface area contributed by atoms with E-state index >= 15 is 0 Å². The van der Waals surface area contributed by atoms with Crippen LogP contribution in [0.5, 0.6) is 5.88 Å². The van der Waals surface area contributed by atoms with Gasteiger partial charge in [0.15, 0.2) is 11.6 Å². The fraction of sp³-hybridized carbons (Fsp3) is 0.184. The van der Waals surface area contributed by atoms with Gasteiger partial charge in [0.1, 0.15) is 23.5 Å². The van der Waals surface area contributed by atoms with Crippen molar-refractivity contribution in [2.45, 2.75) is 51.7 Å². The molecule has 0 atom stereocenters. The number of benzene rings is 5. The van der Waals surface area contributed by atoms with Crippen molar-refractivity contribution >= 4 is 5.97 Å². The zero-order valence-corrected chi connectivity index (χ0v) is 33.3. The first kappa shape index (κ1) is 38.7. The third kappa shape index (κ3) is 7.77. The van der Waals surface area contributed by atoms with Gasteiger partial charge in [0.25, 0.3) is 0 Å². The van der Waals surface area contributed by atoms with Gasteiger partial charge in [-0.25, -0.2) is 14.5 Å². The van der Waals surface area contributed by atoms with Crippen LogP contribution >= 0.6 is 0 Å². The van der Waals surface area contributed by atoms with E-state index in [2.05, 4.69) is 121 Å². The summed E-state index contributed by atoms with van der Waals surface area (Å²) in [6, 6.07) is 49.6. The molecule has 294 valence electrons. The Balaban J connectivity index is 1.17. The van der Waals surface area contributed by atoms with Crippen molar-refractivity contribution in [1.82, 2.24) is 30.2 Å². The van der Waals surface area contributed by atoms with Gasteiger partial charge in [-0.3, -0.25) is 0 Å². The van der Waals surface area contributed by atoms with E-state index in [0.29, 0.717) is 35.3 Å². The van der Waals surface area contributed by atoms with Crippen molar-refractivity contribution in [2.75, 3.05) is 7.11 Å². The summed E-state index contributed by atoms with van der Waals surface area (Å²) in [7, 11) is 1.34. The summed E-state index contributed by atoms with van der Waals surface area (Å²) < 4.78 is 18.8. The molecule has 0 saturated carbocycles. The molecule has 0 bridgehead atoms. The minimum atomic E-state index is -0.886. The molecule has 0 aliphatic carbocycles. The van der Waals surface area contributed by atoms with Gasteiger partial charge in [-0.2, -0.15) is 4.98 Å². The van der Waals surface area contributed by atoms with Crippen LogP contribution in [0.25, 0.3) is 22.5 Å². The topological polar surface area (TPSA) is 118 Å². The monoisotopic (exact) mass is 780 g/mol. The van der Waals surface area contributed by atoms with E-state index in [9.17, 15) is 4.79 Å². The average molecular weight is 781 g/mol. The number of methoxy groups -OCH3 is 1. The molecule has 0 saturated heterocycles. The first-order valence-electron chi connectivity index (χ1n) is 19.8. The van der Waals surface area contributed by atoms with E-state index in [1.54, 1.807) is 6.07 Å². The molecule has 8 aromatic rings. The molecule has 8 rings (SSSR count). The minimum Gasteiger partial charge on any atom is -0.469 e. The molecule has 0 unspecified atom stereocenters. The number of rotatable bonds is 15. The van der Waals surface area contributed by atoms with Crippen molar-refractivity contribution in [1.29, 1.82) is 0 Å². The molecule has 0 amide bonds. The minimum absolute atomic E-state index is 0.0173. The number of hydrogen-bond donors (Lipinski definition) is 0. The average Bonchev–Trinajstić information content (AvgIpc) is 3.98. The van der Waals surface area contributed by atoms with Gasteiger partial charge in [-0.05, 0) is 69.6 Å². The van der Waals surface area contributed by atoms with Crippen LogP contribution in [-0.2, 0) is 29.7 Å². The van der Waals surface area contributed by atoms with Gasteiger partial charge >= 0.3 is 5.97 Å². The first-order chi connectivity index (χ1) is 29.0. The van der Waals surface area contributed by atoms with Crippen LogP contribution < -0.4 is 4.74 Å². The summed E-state index contributed by atoms with van der Waals surface area (Å²) >= 11 is 0. The number of tetrazole rings is 1. The van der Waals surface area contributed by atoms with E-state index in [0.717, 1.165) is 69.5 Å². The quantitative estimate of drug-likeness (QED) is 0.0740. The SMILES string of the molecule is CCCCc1nc(C)nc(OCc2occc2C(=O)OC)c1Cc1ccc(-c2ccccc2-c2nnnn2C(c2ccccc2)(c2ccccc2)c2ccccc2)cc1. The number of hydrogen-bond acceptors (Lipinski definition) is 9. The molecule has 0 radical (unpaired) electrons. The highest BCUT2D eigenvalue weighted by Gasteiger charge is 2.42. The van der Waals surface area contributed by atoms with Crippen molar-refractivity contribution in [2.24, 2.45) is 0 Å². The maximum absolute atomic E-state index is 12.3. The Bertz CT molecular complexity index is 2540. The van der Waals surface area contributed by atoms with Gasteiger partial charge < -0.3 is 13.9 Å². The van der Waals surface area contributed by atoms with Gasteiger partial charge in [0, 0.05) is 17.5 Å². The fourth-order valence-corrected chi connectivity index (χ4v) is 7.77. The van der Waals surface area contributed by atoms with Crippen LogP contribution in [0.4, 0.5) is 0 Å². The number of unbranched alkanes of at least 4 members (excludes halogenated alkanes) is 1. The largest absolute Gasteiger partial charge is 0.469 e. The van der Waals surface area contributed by atoms with Crippen LogP contribution in [0.3, 0.4) is 0 Å². The number of furan rings is 1. The highest BCUT2D eigenvalue weighted by atomic mass is 16.5. The summed E-state index contributed by atoms with van der Waals surface area (Å²) in [4.78, 5) is 21.9. The van der Waals surface area contributed by atoms with E-state index in [1.165, 1.54) is 13.4 Å². The Kier molecular flexibility index (Phi) is 11.5. The molecule has 3 aromatic heterocycles. The van der Waals surface area contributed by atoms with Crippen LogP contribution in [0, 0.1) is 6.92 Å². The predicted octanol–water partition coefficient (Wildman–Crippen LogP) is 9.84. The summed E-state index contributed by atoms with van der Waals surface area (Å²) in [6.07, 6.45) is 4.79. The molecule has 0 N–H and O–H groups in total. The fourth-order valence-electron chi connectivity index (χ4n) is 7.77. The van der Waals surface area contributed by atoms with E-state index in [-0.39, 0.29) is 6.61 Å². The van der Waals surface area contributed by atoms with Crippen LogP contribution in [0.2, 0.25) is 0 Å². The van der Waals surface area contributed by atoms with Gasteiger partial charge in [-0.15, -0.1) is 5.10 Å². The lowest BCUT2D eigenvalue weighted by Gasteiger charge is -2.36. The predicted molar refractivity (Wildman–Crippen MR) is 226 cm³/mol. The zero-order valence-electron chi connectivity index (χ0n) is 33.3. The third-order valence-corrected chi connectivity index (χ3v) is 10.6. The van der Waals surface area contributed by atoms with Crippen molar-refractivity contribution in [3.05, 3.63) is 203 Å². The Morgan fingerprint density at radius 1 is 0.746 bits per heavy atom. The lowest BCUT2D eigenvalue weighted by Crippen LogP contribution is -2.39. The van der Waals surface area contributed by atoms with Gasteiger partial charge in [0.2, 0.25) is 5.88 Å². The smallest absolute Gasteiger partial charge is 0.341 e. The summed E-state index contributed by atoms with van der Waals surface area (Å²) in [5, 5.41) is 13.9. The lowest BCUT2D eigenvalue weighted by molar-refractivity contribution is 0.0595. The standard InChI is InChI=1S/C49H44N6O4/c1-4-5-25-44-43(47(51-34(2)50-44)59-33-45-42(30-31-58-45)48(56)57-3)32-35-26-28-36(29-27-35)40-23-15-16-24-41(40)46-52-53-54-55(46)49(37-17-9-6-10-18-37,38-19-11-7-12-20-38)39-21-13-8-14-22-39/h6-24,26-31H,4-5,25,32-33H2,1-3H3. The number of ether oxygens (including phenoxy) is 2. The molecular formula is C49H44N6O4. The molecule has 0 fully saturated rings. The lowest BCUT2D eigenvalue weighted by atomic mass is 9.77. The Morgan fingerprint density at radius 2 is 1.36 bits per heavy atom. The normalized spacial score (nSPS) is 11.4. The van der Waals surface area contributed by atoms with Gasteiger partial charge in [0.05, 0.1) is 19.1 Å². The molecule has 5 aromatic carbocycles. The van der Waals surface area contributed by atoms with E-state index in [4.69, 9.17) is 34.2 Å². The molecule has 59 heavy (non-hydrogen) atoms. The van der Waals surface area contributed by atoms with Crippen LogP contribution in [0.15, 0.2) is 156 Å². The highest BCUT2D eigenvalue weighted by molar-refractivity contribution is 5.90. The van der Waals surface area contributed by atoms with Gasteiger partial charge in [-0.1, -0.05) is 153 Å². The number of carbonyl (C=O) groups excluding carboxylic acids is 1. The molecule has 10 heteroatoms. The maximum atomic E-state index is 12.3. The highest BCUT2D eigenvalue weighted by Crippen LogP contribution is 2.43. The van der Waals surface area contributed by atoms with E-state index < -0.39 is 11.5 Å². The summed E-state index contributed by atoms with van der Waals surface area (Å²) in [5.41, 5.74) is 8.34. The number of esters is 1. The summed E-state index contributed by atoms with van der Waals surface area (Å²) in [6.45, 7) is 4.05. The maximum Gasteiger partial charge on any atom is 0.341 e. The second-order valence-corrected chi connectivity index (χ2v) is 14.3. The Hall–Kier alpha value is -7.20. The number of aromatic nitrogens is 6. The number of carbonyl (C=O) groups is 1. The molecule has 3 heterocycles. The molecule has 10 nitrogen and oxygen atoms in total. The van der Waals surface area contributed by atoms with Crippen molar-refractivity contribution in [3.63, 3.8) is 0 Å². The molecule has 0 spiro atoms. The first-order valence-corrected chi connectivity index (χ1v) is 19.8. The Morgan fingerprint density at radius 3 is 1.97 bits per heavy atom. The van der Waals surface area contributed by atoms with E-state index in [1.807, 2.05) is 41.9 Å². The number of nitrogens with zero attached hydrogens (tertiary/aromatic N) is 6. The molecule has 0 aliphatic heterocycles.